The zero-order chi connectivity index (χ0) is 14.4. The van der Waals surface area contributed by atoms with Crippen molar-refractivity contribution in [2.75, 3.05) is 50.8 Å². The van der Waals surface area contributed by atoms with Crippen molar-refractivity contribution in [2.45, 2.75) is 12.8 Å². The Labute approximate surface area is 123 Å². The number of thioether (sulfide) groups is 1. The second-order valence-corrected chi connectivity index (χ2v) is 6.51. The number of hydrogen-bond donors (Lipinski definition) is 2. The molecule has 2 heterocycles. The fourth-order valence-electron chi connectivity index (χ4n) is 2.59. The average Bonchev–Trinajstić information content (AvgIpc) is 2.48. The molecule has 20 heavy (non-hydrogen) atoms. The van der Waals surface area contributed by atoms with Gasteiger partial charge in [-0.1, -0.05) is 0 Å². The Morgan fingerprint density at radius 3 is 2.40 bits per heavy atom. The minimum absolute atomic E-state index is 0.0553. The lowest BCUT2D eigenvalue weighted by Crippen LogP contribution is -2.47. The van der Waals surface area contributed by atoms with Crippen molar-refractivity contribution in [1.82, 2.24) is 15.1 Å². The standard InChI is InChI=1S/C13H23N3O3S/c17-12(18)11-1-4-16(5-2-11)13(19)14-3-6-15-7-9-20-10-8-15/h11H,1-10H2,(H,14,19)(H,17,18). The van der Waals surface area contributed by atoms with Gasteiger partial charge in [-0.25, -0.2) is 4.79 Å². The van der Waals surface area contributed by atoms with E-state index >= 15 is 0 Å². The van der Waals surface area contributed by atoms with Crippen LogP contribution < -0.4 is 5.32 Å². The van der Waals surface area contributed by atoms with Crippen molar-refractivity contribution in [1.29, 1.82) is 0 Å². The van der Waals surface area contributed by atoms with E-state index in [1.807, 2.05) is 11.8 Å². The average molecular weight is 301 g/mol. The molecule has 2 saturated heterocycles. The van der Waals surface area contributed by atoms with Gasteiger partial charge in [0.15, 0.2) is 0 Å². The van der Waals surface area contributed by atoms with Crippen LogP contribution in [0.2, 0.25) is 0 Å². The third-order valence-electron chi connectivity index (χ3n) is 3.94. The maximum absolute atomic E-state index is 12.0. The van der Waals surface area contributed by atoms with Crippen molar-refractivity contribution < 1.29 is 14.7 Å². The lowest BCUT2D eigenvalue weighted by Gasteiger charge is -2.31. The van der Waals surface area contributed by atoms with E-state index in [4.69, 9.17) is 5.11 Å². The molecule has 2 rings (SSSR count). The third kappa shape index (κ3) is 4.56. The SMILES string of the molecule is O=C(O)C1CCN(C(=O)NCCN2CCSCC2)CC1. The molecule has 114 valence electrons. The lowest BCUT2D eigenvalue weighted by atomic mass is 9.97. The predicted octanol–water partition coefficient (Wildman–Crippen LogP) is 0.541. The summed E-state index contributed by atoms with van der Waals surface area (Å²) in [7, 11) is 0. The Balaban J connectivity index is 1.61. The molecule has 0 aromatic heterocycles. The van der Waals surface area contributed by atoms with Gasteiger partial charge in [0.05, 0.1) is 5.92 Å². The van der Waals surface area contributed by atoms with E-state index in [0.29, 0.717) is 32.5 Å². The number of nitrogens with one attached hydrogen (secondary N) is 1. The number of piperidine rings is 1. The molecule has 0 bridgehead atoms. The minimum Gasteiger partial charge on any atom is -0.481 e. The number of amides is 2. The van der Waals surface area contributed by atoms with Crippen LogP contribution in [0.25, 0.3) is 0 Å². The topological polar surface area (TPSA) is 72.9 Å². The monoisotopic (exact) mass is 301 g/mol. The van der Waals surface area contributed by atoms with E-state index in [9.17, 15) is 9.59 Å². The van der Waals surface area contributed by atoms with E-state index < -0.39 is 5.97 Å². The molecule has 0 unspecified atom stereocenters. The van der Waals surface area contributed by atoms with Gasteiger partial charge in [0.2, 0.25) is 0 Å². The summed E-state index contributed by atoms with van der Waals surface area (Å²) >= 11 is 1.98. The van der Waals surface area contributed by atoms with Crippen LogP contribution >= 0.6 is 11.8 Å². The van der Waals surface area contributed by atoms with Crippen LogP contribution in [-0.4, -0.2) is 77.7 Å². The Kier molecular flexibility index (Phi) is 5.97. The Morgan fingerprint density at radius 1 is 1.15 bits per heavy atom. The molecule has 0 spiro atoms. The number of likely N-dealkylation sites (tertiary alicyclic amines) is 1. The van der Waals surface area contributed by atoms with E-state index in [-0.39, 0.29) is 11.9 Å². The maximum atomic E-state index is 12.0. The molecule has 0 radical (unpaired) electrons. The van der Waals surface area contributed by atoms with Crippen LogP contribution in [0.4, 0.5) is 4.79 Å². The second-order valence-electron chi connectivity index (χ2n) is 5.29. The Hall–Kier alpha value is -0.950. The number of nitrogens with zero attached hydrogens (tertiary/aromatic N) is 2. The summed E-state index contributed by atoms with van der Waals surface area (Å²) in [5, 5.41) is 11.9. The highest BCUT2D eigenvalue weighted by Crippen LogP contribution is 2.17. The quantitative estimate of drug-likeness (QED) is 0.793. The van der Waals surface area contributed by atoms with Gasteiger partial charge in [0.1, 0.15) is 0 Å². The van der Waals surface area contributed by atoms with E-state index in [1.165, 1.54) is 11.5 Å². The number of rotatable bonds is 4. The van der Waals surface area contributed by atoms with Gasteiger partial charge in [-0.05, 0) is 12.8 Å². The van der Waals surface area contributed by atoms with Gasteiger partial charge < -0.3 is 15.3 Å². The molecular formula is C13H23N3O3S. The third-order valence-corrected chi connectivity index (χ3v) is 4.88. The number of carbonyl (C=O) groups is 2. The molecule has 0 atom stereocenters. The van der Waals surface area contributed by atoms with Crippen LogP contribution in [-0.2, 0) is 4.79 Å². The number of carboxylic acids is 1. The fourth-order valence-corrected chi connectivity index (χ4v) is 3.57. The molecule has 2 N–H and O–H groups in total. The first-order valence-corrected chi connectivity index (χ1v) is 8.38. The van der Waals surface area contributed by atoms with Gasteiger partial charge in [0.25, 0.3) is 0 Å². The molecule has 2 aliphatic heterocycles. The Morgan fingerprint density at radius 2 is 1.80 bits per heavy atom. The molecule has 0 saturated carbocycles. The van der Waals surface area contributed by atoms with E-state index in [2.05, 4.69) is 10.2 Å². The van der Waals surface area contributed by atoms with Gasteiger partial charge in [-0.15, -0.1) is 0 Å². The second kappa shape index (κ2) is 7.73. The molecule has 2 amide bonds. The van der Waals surface area contributed by atoms with Crippen molar-refractivity contribution >= 4 is 23.8 Å². The number of aliphatic carboxylic acids is 1. The van der Waals surface area contributed by atoms with Crippen LogP contribution in [0, 0.1) is 5.92 Å². The van der Waals surface area contributed by atoms with Gasteiger partial charge >= 0.3 is 12.0 Å². The van der Waals surface area contributed by atoms with Crippen LogP contribution in [0.1, 0.15) is 12.8 Å². The Bertz CT molecular complexity index is 340. The highest BCUT2D eigenvalue weighted by molar-refractivity contribution is 7.99. The van der Waals surface area contributed by atoms with E-state index in [1.54, 1.807) is 4.90 Å². The number of urea groups is 1. The molecule has 2 aliphatic rings. The maximum Gasteiger partial charge on any atom is 0.317 e. The first-order chi connectivity index (χ1) is 9.66. The molecule has 0 aromatic carbocycles. The van der Waals surface area contributed by atoms with Crippen molar-refractivity contribution in [3.05, 3.63) is 0 Å². The number of hydrogen-bond acceptors (Lipinski definition) is 4. The lowest BCUT2D eigenvalue weighted by molar-refractivity contribution is -0.143. The largest absolute Gasteiger partial charge is 0.481 e. The van der Waals surface area contributed by atoms with Crippen molar-refractivity contribution in [3.8, 4) is 0 Å². The predicted molar refractivity (Wildman–Crippen MR) is 79.1 cm³/mol. The molecule has 0 aliphatic carbocycles. The van der Waals surface area contributed by atoms with Crippen LogP contribution in [0.15, 0.2) is 0 Å². The zero-order valence-corrected chi connectivity index (χ0v) is 12.5. The molecule has 2 fully saturated rings. The summed E-state index contributed by atoms with van der Waals surface area (Å²) in [6, 6.07) is -0.0553. The smallest absolute Gasteiger partial charge is 0.317 e. The highest BCUT2D eigenvalue weighted by atomic mass is 32.2. The molecule has 0 aromatic rings. The summed E-state index contributed by atoms with van der Waals surface area (Å²) in [5.41, 5.74) is 0. The number of carbonyl (C=O) groups excluding carboxylic acids is 1. The van der Waals surface area contributed by atoms with Gasteiger partial charge in [-0.3, -0.25) is 9.69 Å². The first-order valence-electron chi connectivity index (χ1n) is 7.22. The molecular weight excluding hydrogens is 278 g/mol. The summed E-state index contributed by atoms with van der Waals surface area (Å²) in [4.78, 5) is 26.9. The van der Waals surface area contributed by atoms with Crippen molar-refractivity contribution in [3.63, 3.8) is 0 Å². The zero-order valence-electron chi connectivity index (χ0n) is 11.7. The number of carboxylic acid groups (broad SMARTS) is 1. The van der Waals surface area contributed by atoms with Crippen LogP contribution in [0.5, 0.6) is 0 Å². The minimum atomic E-state index is -0.743. The summed E-state index contributed by atoms with van der Waals surface area (Å²) in [5.74, 6) is 1.32. The first kappa shape index (κ1) is 15.4. The van der Waals surface area contributed by atoms with Crippen LogP contribution in [0.3, 0.4) is 0 Å². The summed E-state index contributed by atoms with van der Waals surface area (Å²) in [6.45, 7) is 4.86. The van der Waals surface area contributed by atoms with Gasteiger partial charge in [-0.2, -0.15) is 11.8 Å². The fraction of sp³-hybridized carbons (Fsp3) is 0.846. The molecule has 7 heteroatoms. The van der Waals surface area contributed by atoms with Crippen molar-refractivity contribution in [2.24, 2.45) is 5.92 Å². The normalized spacial score (nSPS) is 21.7. The van der Waals surface area contributed by atoms with E-state index in [0.717, 1.165) is 19.6 Å². The summed E-state index contributed by atoms with van der Waals surface area (Å²) in [6.07, 6.45) is 1.12. The molecule has 6 nitrogen and oxygen atoms in total. The highest BCUT2D eigenvalue weighted by Gasteiger charge is 2.26. The summed E-state index contributed by atoms with van der Waals surface area (Å²) < 4.78 is 0. The van der Waals surface area contributed by atoms with Gasteiger partial charge in [0, 0.05) is 50.8 Å².